The minimum absolute atomic E-state index is 0.228. The Morgan fingerprint density at radius 3 is 2.77 bits per heavy atom. The molecule has 0 radical (unpaired) electrons. The quantitative estimate of drug-likeness (QED) is 0.325. The van der Waals surface area contributed by atoms with E-state index in [1.165, 1.54) is 12.5 Å². The molecule has 0 bridgehead atoms. The largest absolute Gasteiger partial charge is 0.475 e. The predicted molar refractivity (Wildman–Crippen MR) is 144 cm³/mol. The maximum absolute atomic E-state index is 15.4. The average molecular weight is 554 g/mol. The molecule has 5 atom stereocenters. The van der Waals surface area contributed by atoms with Crippen LogP contribution < -0.4 is 5.32 Å². The number of hydrogen-bond donors (Lipinski definition) is 2. The second kappa shape index (κ2) is 10.8. The van der Waals surface area contributed by atoms with Gasteiger partial charge in [-0.1, -0.05) is 24.6 Å². The summed E-state index contributed by atoms with van der Waals surface area (Å²) in [7, 11) is 0. The van der Waals surface area contributed by atoms with Crippen LogP contribution in [0, 0.1) is 12.7 Å². The molecule has 2 N–H and O–H groups in total. The summed E-state index contributed by atoms with van der Waals surface area (Å²) < 4.78 is 32.3. The SMILES string of the molecule is CCc1ncc(-c2cc(F)c3c(c2)CCC3Nc2nc(N=COC3CO[C@@H]4C(O)CO[C@H]34)c(C)cc2Cl)cn1. The molecule has 4 heterocycles. The first-order valence-corrected chi connectivity index (χ1v) is 13.5. The Kier molecular flexibility index (Phi) is 7.20. The van der Waals surface area contributed by atoms with Gasteiger partial charge in [-0.2, -0.15) is 0 Å². The van der Waals surface area contributed by atoms with Gasteiger partial charge in [0.15, 0.2) is 18.3 Å². The molecule has 204 valence electrons. The summed E-state index contributed by atoms with van der Waals surface area (Å²) in [6.07, 6.45) is 5.25. The zero-order chi connectivity index (χ0) is 27.1. The minimum atomic E-state index is -0.646. The molecule has 39 heavy (non-hydrogen) atoms. The maximum Gasteiger partial charge on any atom is 0.176 e. The highest BCUT2D eigenvalue weighted by atomic mass is 35.5. The molecule has 2 fully saturated rings. The van der Waals surface area contributed by atoms with Crippen molar-refractivity contribution in [1.29, 1.82) is 0 Å². The third-order valence-corrected chi connectivity index (χ3v) is 7.75. The first kappa shape index (κ1) is 26.1. The fourth-order valence-corrected chi connectivity index (χ4v) is 5.66. The van der Waals surface area contributed by atoms with E-state index in [1.54, 1.807) is 18.5 Å². The number of aliphatic hydroxyl groups is 1. The number of nitrogens with zero attached hydrogens (tertiary/aromatic N) is 4. The monoisotopic (exact) mass is 553 g/mol. The second-order valence-corrected chi connectivity index (χ2v) is 10.4. The summed E-state index contributed by atoms with van der Waals surface area (Å²) >= 11 is 6.52. The Labute approximate surface area is 230 Å². The van der Waals surface area contributed by atoms with Gasteiger partial charge in [0.2, 0.25) is 0 Å². The van der Waals surface area contributed by atoms with E-state index in [1.807, 2.05) is 19.9 Å². The van der Waals surface area contributed by atoms with E-state index < -0.39 is 6.10 Å². The number of halogens is 2. The van der Waals surface area contributed by atoms with E-state index in [0.717, 1.165) is 40.9 Å². The van der Waals surface area contributed by atoms with Crippen LogP contribution in [0.2, 0.25) is 5.02 Å². The molecular weight excluding hydrogens is 525 g/mol. The zero-order valence-electron chi connectivity index (χ0n) is 21.6. The molecule has 1 aromatic carbocycles. The van der Waals surface area contributed by atoms with Gasteiger partial charge in [0.25, 0.3) is 0 Å². The summed E-state index contributed by atoms with van der Waals surface area (Å²) in [6, 6.07) is 5.02. The number of fused-ring (bicyclic) bond motifs is 2. The van der Waals surface area contributed by atoms with Gasteiger partial charge in [0.05, 0.1) is 24.3 Å². The van der Waals surface area contributed by atoms with Crippen LogP contribution in [0.5, 0.6) is 0 Å². The van der Waals surface area contributed by atoms with Crippen LogP contribution in [-0.4, -0.2) is 64.1 Å². The van der Waals surface area contributed by atoms with E-state index in [4.69, 9.17) is 25.8 Å². The minimum Gasteiger partial charge on any atom is -0.475 e. The Hall–Kier alpha value is -3.18. The molecule has 3 aromatic rings. The molecule has 0 spiro atoms. The molecule has 2 aliphatic heterocycles. The molecule has 6 rings (SSSR count). The van der Waals surface area contributed by atoms with Gasteiger partial charge in [-0.3, -0.25) is 0 Å². The van der Waals surface area contributed by atoms with Crippen LogP contribution in [-0.2, 0) is 27.1 Å². The van der Waals surface area contributed by atoms with Crippen molar-refractivity contribution in [3.63, 3.8) is 0 Å². The lowest BCUT2D eigenvalue weighted by Gasteiger charge is -2.18. The second-order valence-electron chi connectivity index (χ2n) is 10.0. The number of rotatable bonds is 7. The van der Waals surface area contributed by atoms with Crippen molar-refractivity contribution in [3.8, 4) is 11.1 Å². The molecular formula is C28H29ClFN5O4. The summed E-state index contributed by atoms with van der Waals surface area (Å²) in [5.41, 5.74) is 3.86. The Morgan fingerprint density at radius 1 is 1.18 bits per heavy atom. The molecule has 3 unspecified atom stereocenters. The number of anilines is 1. The molecule has 3 aliphatic rings. The Balaban J connectivity index is 1.18. The van der Waals surface area contributed by atoms with Crippen LogP contribution in [0.1, 0.15) is 41.9 Å². The van der Waals surface area contributed by atoms with Crippen LogP contribution in [0.25, 0.3) is 11.1 Å². The molecule has 9 nitrogen and oxygen atoms in total. The highest BCUT2D eigenvalue weighted by Gasteiger charge is 2.48. The zero-order valence-corrected chi connectivity index (χ0v) is 22.4. The summed E-state index contributed by atoms with van der Waals surface area (Å²) in [6.45, 7) is 4.38. The van der Waals surface area contributed by atoms with Crippen molar-refractivity contribution >= 4 is 29.6 Å². The number of hydrogen-bond acceptors (Lipinski definition) is 9. The summed E-state index contributed by atoms with van der Waals surface area (Å²) in [5, 5.41) is 13.6. The van der Waals surface area contributed by atoms with Gasteiger partial charge in [-0.05, 0) is 48.6 Å². The van der Waals surface area contributed by atoms with Crippen molar-refractivity contribution in [1.82, 2.24) is 15.0 Å². The maximum atomic E-state index is 15.4. The van der Waals surface area contributed by atoms with E-state index in [-0.39, 0.29) is 36.8 Å². The summed E-state index contributed by atoms with van der Waals surface area (Å²) in [5.74, 6) is 1.31. The standard InChI is InChI=1S/C28H29ClFN5O4/c1-3-23-31-9-17(10-32-23)16-7-15-4-5-20(24(15)19(30)8-16)34-28-18(29)6-14(2)27(35-28)33-13-39-22-12-38-25-21(36)11-37-26(22)25/h6-10,13,20-22,25-26,36H,3-5,11-12H2,1-2H3,(H,34,35)/t20?,21?,22?,25-,26-/m1/s1. The lowest BCUT2D eigenvalue weighted by atomic mass is 10.0. The van der Waals surface area contributed by atoms with Crippen LogP contribution in [0.3, 0.4) is 0 Å². The first-order chi connectivity index (χ1) is 18.9. The van der Waals surface area contributed by atoms with Gasteiger partial charge in [0.1, 0.15) is 35.8 Å². The van der Waals surface area contributed by atoms with Crippen molar-refractivity contribution in [2.45, 2.75) is 63.6 Å². The predicted octanol–water partition coefficient (Wildman–Crippen LogP) is 4.50. The van der Waals surface area contributed by atoms with Crippen LogP contribution >= 0.6 is 11.6 Å². The normalized spacial score (nSPS) is 25.7. The molecule has 2 saturated heterocycles. The fraction of sp³-hybridized carbons (Fsp3) is 0.429. The number of ether oxygens (including phenoxy) is 3. The fourth-order valence-electron chi connectivity index (χ4n) is 5.40. The van der Waals surface area contributed by atoms with E-state index in [9.17, 15) is 5.11 Å². The average Bonchev–Trinajstić information content (AvgIpc) is 3.64. The van der Waals surface area contributed by atoms with Crippen molar-refractivity contribution in [2.75, 3.05) is 18.5 Å². The van der Waals surface area contributed by atoms with Gasteiger partial charge in [-0.15, -0.1) is 0 Å². The number of nitrogens with one attached hydrogen (secondary N) is 1. The van der Waals surface area contributed by atoms with E-state index in [2.05, 4.69) is 25.3 Å². The summed E-state index contributed by atoms with van der Waals surface area (Å²) in [4.78, 5) is 17.7. The Morgan fingerprint density at radius 2 is 1.97 bits per heavy atom. The molecule has 0 amide bonds. The molecule has 2 aromatic heterocycles. The third-order valence-electron chi connectivity index (χ3n) is 7.46. The smallest absolute Gasteiger partial charge is 0.176 e. The lowest BCUT2D eigenvalue weighted by molar-refractivity contribution is 0.00752. The highest BCUT2D eigenvalue weighted by molar-refractivity contribution is 6.33. The number of aliphatic hydroxyl groups excluding tert-OH is 1. The van der Waals surface area contributed by atoms with Crippen molar-refractivity contribution in [3.05, 3.63) is 63.9 Å². The Bertz CT molecular complexity index is 1410. The van der Waals surface area contributed by atoms with Gasteiger partial charge >= 0.3 is 0 Å². The van der Waals surface area contributed by atoms with E-state index >= 15 is 4.39 Å². The van der Waals surface area contributed by atoms with Crippen molar-refractivity contribution < 1.29 is 23.7 Å². The van der Waals surface area contributed by atoms with Crippen LogP contribution in [0.15, 0.2) is 35.6 Å². The number of pyridine rings is 1. The molecule has 1 aliphatic carbocycles. The highest BCUT2D eigenvalue weighted by Crippen LogP contribution is 2.40. The lowest BCUT2D eigenvalue weighted by Crippen LogP contribution is -2.32. The number of aliphatic imine (C=N–C) groups is 1. The number of aromatic nitrogens is 3. The number of aryl methyl sites for hydroxylation is 3. The van der Waals surface area contributed by atoms with Crippen molar-refractivity contribution in [2.24, 2.45) is 4.99 Å². The van der Waals surface area contributed by atoms with Gasteiger partial charge < -0.3 is 24.6 Å². The molecule has 0 saturated carbocycles. The molecule has 11 heteroatoms. The van der Waals surface area contributed by atoms with E-state index in [0.29, 0.717) is 35.2 Å². The topological polar surface area (TPSA) is 111 Å². The van der Waals surface area contributed by atoms with Gasteiger partial charge in [-0.25, -0.2) is 24.3 Å². The first-order valence-electron chi connectivity index (χ1n) is 13.1. The number of benzene rings is 1. The van der Waals surface area contributed by atoms with Crippen LogP contribution in [0.4, 0.5) is 16.0 Å². The third kappa shape index (κ3) is 5.09. The van der Waals surface area contributed by atoms with Gasteiger partial charge in [0, 0.05) is 29.9 Å².